The van der Waals surface area contributed by atoms with Gasteiger partial charge in [0.15, 0.2) is 0 Å². The summed E-state index contributed by atoms with van der Waals surface area (Å²) in [6, 6.07) is 1.28. The highest BCUT2D eigenvalue weighted by Gasteiger charge is 2.31. The summed E-state index contributed by atoms with van der Waals surface area (Å²) < 4.78 is 0. The lowest BCUT2D eigenvalue weighted by molar-refractivity contribution is 0.114. The molecule has 3 atom stereocenters. The third kappa shape index (κ3) is 0.970. The standard InChI is InChI=1S/C7H13NO/c9-7-3-5-1-2-6(4-7)8-5/h5-9H,1-4H2/t5-,6?,7-/m1/s1. The topological polar surface area (TPSA) is 32.3 Å². The van der Waals surface area contributed by atoms with Crippen LogP contribution in [0.4, 0.5) is 0 Å². The number of hydrogen-bond acceptors (Lipinski definition) is 2. The zero-order valence-corrected chi connectivity index (χ0v) is 5.51. The Bertz CT molecular complexity index is 103. The summed E-state index contributed by atoms with van der Waals surface area (Å²) in [5.74, 6) is 0. The van der Waals surface area contributed by atoms with E-state index in [1.165, 1.54) is 12.8 Å². The second-order valence-electron chi connectivity index (χ2n) is 3.26. The predicted octanol–water partition coefficient (Wildman–Crippen LogP) is 0.262. The van der Waals surface area contributed by atoms with Gasteiger partial charge in [-0.15, -0.1) is 0 Å². The fourth-order valence-corrected chi connectivity index (χ4v) is 2.03. The smallest absolute Gasteiger partial charge is 0.0569 e. The molecule has 2 nitrogen and oxygen atoms in total. The van der Waals surface area contributed by atoms with E-state index in [0.29, 0.717) is 12.1 Å². The summed E-state index contributed by atoms with van der Waals surface area (Å²) >= 11 is 0. The molecule has 0 amide bonds. The normalized spacial score (nSPS) is 49.7. The molecular formula is C7H13NO. The van der Waals surface area contributed by atoms with Crippen LogP contribution in [0.3, 0.4) is 0 Å². The maximum absolute atomic E-state index is 9.25. The minimum absolute atomic E-state index is 0.0104. The van der Waals surface area contributed by atoms with Gasteiger partial charge in [0.2, 0.25) is 0 Å². The van der Waals surface area contributed by atoms with Crippen LogP contribution in [-0.2, 0) is 0 Å². The van der Waals surface area contributed by atoms with Gasteiger partial charge in [-0.05, 0) is 25.7 Å². The van der Waals surface area contributed by atoms with Crippen LogP contribution in [0.5, 0.6) is 0 Å². The van der Waals surface area contributed by atoms with Gasteiger partial charge >= 0.3 is 0 Å². The van der Waals surface area contributed by atoms with Crippen LogP contribution >= 0.6 is 0 Å². The van der Waals surface area contributed by atoms with Crippen LogP contribution in [-0.4, -0.2) is 23.3 Å². The lowest BCUT2D eigenvalue weighted by Gasteiger charge is -2.24. The van der Waals surface area contributed by atoms with E-state index < -0.39 is 0 Å². The van der Waals surface area contributed by atoms with E-state index in [1.807, 2.05) is 0 Å². The number of aliphatic hydroxyl groups excluding tert-OH is 1. The molecule has 0 aromatic heterocycles. The van der Waals surface area contributed by atoms with Crippen LogP contribution in [0.25, 0.3) is 0 Å². The number of fused-ring (bicyclic) bond motifs is 2. The maximum atomic E-state index is 9.25. The highest BCUT2D eigenvalue weighted by Crippen LogP contribution is 2.26. The molecule has 2 N–H and O–H groups in total. The fraction of sp³-hybridized carbons (Fsp3) is 1.00. The van der Waals surface area contributed by atoms with Crippen LogP contribution < -0.4 is 5.32 Å². The van der Waals surface area contributed by atoms with Gasteiger partial charge in [-0.1, -0.05) is 0 Å². The van der Waals surface area contributed by atoms with Crippen LogP contribution in [0.1, 0.15) is 25.7 Å². The molecule has 2 aliphatic heterocycles. The molecule has 0 aromatic carbocycles. The Morgan fingerprint density at radius 3 is 2.22 bits per heavy atom. The van der Waals surface area contributed by atoms with Crippen LogP contribution in [0, 0.1) is 0 Å². The zero-order valence-electron chi connectivity index (χ0n) is 5.51. The minimum Gasteiger partial charge on any atom is -0.393 e. The Balaban J connectivity index is 2.03. The van der Waals surface area contributed by atoms with E-state index in [-0.39, 0.29) is 6.10 Å². The lowest BCUT2D eigenvalue weighted by atomic mass is 10.0. The van der Waals surface area contributed by atoms with E-state index >= 15 is 0 Å². The van der Waals surface area contributed by atoms with Gasteiger partial charge in [0, 0.05) is 12.1 Å². The van der Waals surface area contributed by atoms with Crippen molar-refractivity contribution in [1.29, 1.82) is 0 Å². The van der Waals surface area contributed by atoms with Crippen molar-refractivity contribution in [2.45, 2.75) is 43.9 Å². The van der Waals surface area contributed by atoms with Crippen LogP contribution in [0.2, 0.25) is 0 Å². The second kappa shape index (κ2) is 1.96. The molecule has 0 radical (unpaired) electrons. The first kappa shape index (κ1) is 5.69. The number of aliphatic hydroxyl groups is 1. The van der Waals surface area contributed by atoms with E-state index in [9.17, 15) is 5.11 Å². The first-order chi connectivity index (χ1) is 4.34. The molecule has 2 heterocycles. The van der Waals surface area contributed by atoms with Gasteiger partial charge in [0.25, 0.3) is 0 Å². The molecule has 0 saturated carbocycles. The van der Waals surface area contributed by atoms with Gasteiger partial charge in [0.05, 0.1) is 6.10 Å². The van der Waals surface area contributed by atoms with Gasteiger partial charge in [-0.3, -0.25) is 0 Å². The molecular weight excluding hydrogens is 114 g/mol. The van der Waals surface area contributed by atoms with Crippen molar-refractivity contribution < 1.29 is 5.11 Å². The van der Waals surface area contributed by atoms with E-state index in [0.717, 1.165) is 12.8 Å². The monoisotopic (exact) mass is 127 g/mol. The molecule has 0 spiro atoms. The first-order valence-corrected chi connectivity index (χ1v) is 3.79. The summed E-state index contributed by atoms with van der Waals surface area (Å²) in [6.07, 6.45) is 4.51. The largest absolute Gasteiger partial charge is 0.393 e. The molecule has 2 heteroatoms. The van der Waals surface area contributed by atoms with Crippen molar-refractivity contribution in [2.75, 3.05) is 0 Å². The molecule has 2 fully saturated rings. The van der Waals surface area contributed by atoms with Crippen LogP contribution in [0.15, 0.2) is 0 Å². The fourth-order valence-electron chi connectivity index (χ4n) is 2.03. The third-order valence-corrected chi connectivity index (χ3v) is 2.45. The van der Waals surface area contributed by atoms with Gasteiger partial charge < -0.3 is 10.4 Å². The van der Waals surface area contributed by atoms with E-state index in [4.69, 9.17) is 0 Å². The van der Waals surface area contributed by atoms with Gasteiger partial charge in [-0.25, -0.2) is 0 Å². The summed E-state index contributed by atoms with van der Waals surface area (Å²) in [4.78, 5) is 0. The average molecular weight is 127 g/mol. The molecule has 2 bridgehead atoms. The van der Waals surface area contributed by atoms with Crippen molar-refractivity contribution in [3.05, 3.63) is 0 Å². The lowest BCUT2D eigenvalue weighted by Crippen LogP contribution is -2.40. The highest BCUT2D eigenvalue weighted by atomic mass is 16.3. The third-order valence-electron chi connectivity index (χ3n) is 2.45. The Morgan fingerprint density at radius 1 is 1.11 bits per heavy atom. The Hall–Kier alpha value is -0.0800. The molecule has 1 unspecified atom stereocenters. The zero-order chi connectivity index (χ0) is 6.27. The SMILES string of the molecule is O[C@H]1CC2CC[C@H](C1)N2. The van der Waals surface area contributed by atoms with Gasteiger partial charge in [0.1, 0.15) is 0 Å². The predicted molar refractivity (Wildman–Crippen MR) is 35.2 cm³/mol. The number of hydrogen-bond donors (Lipinski definition) is 2. The number of piperidine rings is 1. The minimum atomic E-state index is -0.0104. The van der Waals surface area contributed by atoms with Crippen molar-refractivity contribution >= 4 is 0 Å². The van der Waals surface area contributed by atoms with Crippen molar-refractivity contribution in [3.8, 4) is 0 Å². The number of rotatable bonds is 0. The van der Waals surface area contributed by atoms with Gasteiger partial charge in [-0.2, -0.15) is 0 Å². The maximum Gasteiger partial charge on any atom is 0.0569 e. The molecule has 9 heavy (non-hydrogen) atoms. The summed E-state index contributed by atoms with van der Waals surface area (Å²) in [5.41, 5.74) is 0. The molecule has 2 saturated heterocycles. The quantitative estimate of drug-likeness (QED) is 0.489. The van der Waals surface area contributed by atoms with E-state index in [1.54, 1.807) is 0 Å². The summed E-state index contributed by atoms with van der Waals surface area (Å²) in [7, 11) is 0. The summed E-state index contributed by atoms with van der Waals surface area (Å²) in [6.45, 7) is 0. The summed E-state index contributed by atoms with van der Waals surface area (Å²) in [5, 5.41) is 12.7. The number of nitrogens with one attached hydrogen (secondary N) is 1. The molecule has 0 aliphatic carbocycles. The highest BCUT2D eigenvalue weighted by molar-refractivity contribution is 4.91. The van der Waals surface area contributed by atoms with Crippen molar-refractivity contribution in [1.82, 2.24) is 5.32 Å². The molecule has 52 valence electrons. The second-order valence-corrected chi connectivity index (χ2v) is 3.26. The molecule has 0 aromatic rings. The average Bonchev–Trinajstić information content (AvgIpc) is 2.11. The van der Waals surface area contributed by atoms with Crippen molar-refractivity contribution in [3.63, 3.8) is 0 Å². The first-order valence-electron chi connectivity index (χ1n) is 3.79. The van der Waals surface area contributed by atoms with E-state index in [2.05, 4.69) is 5.32 Å². The Labute approximate surface area is 55.3 Å². The molecule has 2 rings (SSSR count). The molecule has 2 aliphatic rings. The Kier molecular flexibility index (Phi) is 1.24. The van der Waals surface area contributed by atoms with Crippen molar-refractivity contribution in [2.24, 2.45) is 0 Å². The Morgan fingerprint density at radius 2 is 1.67 bits per heavy atom.